The van der Waals surface area contributed by atoms with E-state index in [2.05, 4.69) is 52.3 Å². The van der Waals surface area contributed by atoms with Gasteiger partial charge in [-0.05, 0) is 40.2 Å². The zero-order valence-corrected chi connectivity index (χ0v) is 16.5. The molecule has 0 fully saturated rings. The first-order chi connectivity index (χ1) is 12.2. The predicted octanol–water partition coefficient (Wildman–Crippen LogP) is 4.13. The van der Waals surface area contributed by atoms with Crippen molar-refractivity contribution in [1.29, 1.82) is 0 Å². The molecule has 128 valence electrons. The average molecular weight is 436 g/mol. The van der Waals surface area contributed by atoms with Gasteiger partial charge in [-0.3, -0.25) is 0 Å². The second kappa shape index (κ2) is 6.85. The Labute approximate surface area is 160 Å². The number of halogens is 1. The number of imidazole rings is 1. The van der Waals surface area contributed by atoms with Crippen LogP contribution >= 0.6 is 39.0 Å². The molecule has 2 N–H and O–H groups in total. The Morgan fingerprint density at radius 2 is 2.12 bits per heavy atom. The van der Waals surface area contributed by atoms with Gasteiger partial charge in [0.25, 0.3) is 0 Å². The molecule has 0 spiro atoms. The lowest BCUT2D eigenvalue weighted by atomic mass is 10.3. The van der Waals surface area contributed by atoms with Crippen molar-refractivity contribution in [1.82, 2.24) is 29.5 Å². The van der Waals surface area contributed by atoms with Crippen LogP contribution in [0.15, 0.2) is 32.6 Å². The van der Waals surface area contributed by atoms with Gasteiger partial charge in [-0.25, -0.2) is 24.9 Å². The van der Waals surface area contributed by atoms with Crippen molar-refractivity contribution >= 4 is 66.4 Å². The number of pyridine rings is 1. The maximum absolute atomic E-state index is 5.98. The van der Waals surface area contributed by atoms with Crippen LogP contribution in [0.1, 0.15) is 19.8 Å². The second-order valence-corrected chi connectivity index (χ2v) is 8.41. The molecule has 0 radical (unpaired) electrons. The molecule has 0 saturated carbocycles. The van der Waals surface area contributed by atoms with E-state index in [1.165, 1.54) is 18.1 Å². The normalized spacial score (nSPS) is 11.6. The molecule has 10 heteroatoms. The zero-order chi connectivity index (χ0) is 17.4. The average Bonchev–Trinajstić information content (AvgIpc) is 3.16. The minimum absolute atomic E-state index is 0.399. The second-order valence-electron chi connectivity index (χ2n) is 5.36. The minimum atomic E-state index is 0.399. The van der Waals surface area contributed by atoms with E-state index in [0.29, 0.717) is 11.3 Å². The number of aryl methyl sites for hydroxylation is 1. The van der Waals surface area contributed by atoms with Crippen molar-refractivity contribution in [2.45, 2.75) is 35.8 Å². The fraction of sp³-hybridized carbons (Fsp3) is 0.267. The van der Waals surface area contributed by atoms with Crippen molar-refractivity contribution in [3.05, 3.63) is 23.1 Å². The molecule has 4 rings (SSSR count). The van der Waals surface area contributed by atoms with Crippen molar-refractivity contribution in [2.24, 2.45) is 0 Å². The summed E-state index contributed by atoms with van der Waals surface area (Å²) in [6.07, 6.45) is 5.37. The number of rotatable bonds is 5. The number of hydrogen-bond donors (Lipinski definition) is 1. The van der Waals surface area contributed by atoms with Crippen molar-refractivity contribution in [2.75, 3.05) is 5.73 Å². The highest BCUT2D eigenvalue weighted by atomic mass is 79.9. The molecule has 4 aromatic rings. The largest absolute Gasteiger partial charge is 0.382 e. The Kier molecular flexibility index (Phi) is 4.57. The summed E-state index contributed by atoms with van der Waals surface area (Å²) in [5.74, 6) is 0.399. The molecule has 0 atom stereocenters. The Bertz CT molecular complexity index is 1060. The summed E-state index contributed by atoms with van der Waals surface area (Å²) in [6, 6.07) is 1.89. The quantitative estimate of drug-likeness (QED) is 0.503. The van der Waals surface area contributed by atoms with Crippen LogP contribution in [0.2, 0.25) is 0 Å². The van der Waals surface area contributed by atoms with E-state index in [4.69, 9.17) is 5.73 Å². The van der Waals surface area contributed by atoms with Crippen LogP contribution in [0.3, 0.4) is 0 Å². The Balaban J connectivity index is 1.79. The highest BCUT2D eigenvalue weighted by Crippen LogP contribution is 2.36. The Morgan fingerprint density at radius 1 is 1.24 bits per heavy atom. The van der Waals surface area contributed by atoms with E-state index in [-0.39, 0.29) is 0 Å². The number of hydrogen-bond acceptors (Lipinski definition) is 8. The number of anilines is 1. The van der Waals surface area contributed by atoms with Gasteiger partial charge in [0.05, 0.1) is 0 Å². The van der Waals surface area contributed by atoms with E-state index in [0.717, 1.165) is 49.3 Å². The summed E-state index contributed by atoms with van der Waals surface area (Å²) in [5.41, 5.74) is 8.25. The minimum Gasteiger partial charge on any atom is -0.382 e. The highest BCUT2D eigenvalue weighted by Gasteiger charge is 2.18. The van der Waals surface area contributed by atoms with Crippen molar-refractivity contribution in [3.63, 3.8) is 0 Å². The van der Waals surface area contributed by atoms with Gasteiger partial charge in [-0.15, -0.1) is 0 Å². The maximum atomic E-state index is 5.98. The van der Waals surface area contributed by atoms with E-state index < -0.39 is 0 Å². The van der Waals surface area contributed by atoms with Gasteiger partial charge >= 0.3 is 0 Å². The lowest BCUT2D eigenvalue weighted by Crippen LogP contribution is -2.01. The topological polar surface area (TPSA) is 95.4 Å². The smallest absolute Gasteiger partial charge is 0.177 e. The van der Waals surface area contributed by atoms with Crippen molar-refractivity contribution in [3.8, 4) is 0 Å². The van der Waals surface area contributed by atoms with Gasteiger partial charge in [-0.2, -0.15) is 0 Å². The monoisotopic (exact) mass is 435 g/mol. The van der Waals surface area contributed by atoms with Crippen LogP contribution in [-0.4, -0.2) is 29.5 Å². The molecule has 0 amide bonds. The molecule has 4 heterocycles. The first-order valence-electron chi connectivity index (χ1n) is 7.73. The van der Waals surface area contributed by atoms with E-state index in [1.807, 2.05) is 6.07 Å². The first kappa shape index (κ1) is 16.7. The van der Waals surface area contributed by atoms with Crippen LogP contribution in [0, 0.1) is 0 Å². The summed E-state index contributed by atoms with van der Waals surface area (Å²) in [5, 5.41) is 0.825. The summed E-state index contributed by atoms with van der Waals surface area (Å²) < 4.78 is 3.92. The van der Waals surface area contributed by atoms with Gasteiger partial charge in [0, 0.05) is 17.2 Å². The van der Waals surface area contributed by atoms with Crippen LogP contribution in [0.4, 0.5) is 5.82 Å². The molecule has 0 bridgehead atoms. The lowest BCUT2D eigenvalue weighted by Gasteiger charge is -2.05. The summed E-state index contributed by atoms with van der Waals surface area (Å²) in [7, 11) is 0. The van der Waals surface area contributed by atoms with Crippen LogP contribution in [0.25, 0.3) is 21.5 Å². The highest BCUT2D eigenvalue weighted by molar-refractivity contribution is 9.10. The molecular formula is C15H14BrN7S2. The molecule has 0 aliphatic carbocycles. The summed E-state index contributed by atoms with van der Waals surface area (Å²) >= 11 is 6.57. The van der Waals surface area contributed by atoms with E-state index >= 15 is 0 Å². The Morgan fingerprint density at radius 3 is 2.92 bits per heavy atom. The summed E-state index contributed by atoms with van der Waals surface area (Å²) in [4.78, 5) is 23.0. The van der Waals surface area contributed by atoms with Gasteiger partial charge in [0.15, 0.2) is 26.5 Å². The summed E-state index contributed by atoms with van der Waals surface area (Å²) in [6.45, 7) is 2.99. The number of nitrogens with zero attached hydrogens (tertiary/aromatic N) is 6. The number of thiazole rings is 1. The molecule has 25 heavy (non-hydrogen) atoms. The molecule has 4 aromatic heterocycles. The number of unbranched alkanes of at least 4 members (excludes halogenated alkanes) is 1. The fourth-order valence-electron chi connectivity index (χ4n) is 2.44. The molecular weight excluding hydrogens is 422 g/mol. The molecule has 0 saturated heterocycles. The first-order valence-corrected chi connectivity index (χ1v) is 10.2. The molecule has 0 aliphatic rings. The molecule has 0 unspecified atom stereocenters. The Hall–Kier alpha value is -1.78. The maximum Gasteiger partial charge on any atom is 0.177 e. The van der Waals surface area contributed by atoms with Crippen molar-refractivity contribution < 1.29 is 0 Å². The van der Waals surface area contributed by atoms with E-state index in [9.17, 15) is 0 Å². The van der Waals surface area contributed by atoms with Crippen LogP contribution in [-0.2, 0) is 6.54 Å². The number of nitrogens with two attached hydrogens (primary N) is 1. The lowest BCUT2D eigenvalue weighted by molar-refractivity contribution is 0.598. The molecule has 0 aliphatic heterocycles. The van der Waals surface area contributed by atoms with Crippen LogP contribution in [0.5, 0.6) is 0 Å². The number of nitrogen functional groups attached to an aromatic ring is 1. The van der Waals surface area contributed by atoms with E-state index in [1.54, 1.807) is 17.5 Å². The third-order valence-corrected chi connectivity index (χ3v) is 6.33. The SMILES string of the molecule is CCCCn1c(Sc2nc3c(Br)ccnc3s2)nc2c(N)ncnc21. The van der Waals surface area contributed by atoms with Gasteiger partial charge in [0.2, 0.25) is 0 Å². The number of fused-ring (bicyclic) bond motifs is 2. The number of aromatic nitrogens is 6. The third-order valence-electron chi connectivity index (χ3n) is 3.67. The van der Waals surface area contributed by atoms with Crippen LogP contribution < -0.4 is 5.73 Å². The molecule has 0 aromatic carbocycles. The zero-order valence-electron chi connectivity index (χ0n) is 13.3. The third kappa shape index (κ3) is 3.09. The van der Waals surface area contributed by atoms with Gasteiger partial charge in [-0.1, -0.05) is 24.7 Å². The molecule has 7 nitrogen and oxygen atoms in total. The van der Waals surface area contributed by atoms with Gasteiger partial charge in [0.1, 0.15) is 16.7 Å². The standard InChI is InChI=1S/C15H14BrN7S2/c1-2-3-6-23-12-10(11(17)19-7-20-12)21-14(23)25-15-22-9-8(16)4-5-18-13(9)24-15/h4-5,7H,2-3,6H2,1H3,(H2,17,19,20). The predicted molar refractivity (Wildman–Crippen MR) is 104 cm³/mol. The fourth-order valence-corrected chi connectivity index (χ4v) is 4.98. The van der Waals surface area contributed by atoms with Gasteiger partial charge < -0.3 is 10.3 Å².